The fourth-order valence-electron chi connectivity index (χ4n) is 2.29. The van der Waals surface area contributed by atoms with Gasteiger partial charge in [0, 0.05) is 104 Å². The second-order valence-corrected chi connectivity index (χ2v) is 5.54. The quantitative estimate of drug-likeness (QED) is 0.196. The Bertz CT molecular complexity index is 1040. The zero-order valence-electron chi connectivity index (χ0n) is 16.4. The van der Waals surface area contributed by atoms with E-state index in [0.717, 1.165) is 28.6 Å². The number of fused-ring (bicyclic) bond motifs is 3. The molecule has 3 N–H and O–H groups in total. The number of hydrogen-bond donors (Lipinski definition) is 3. The Hall–Kier alpha value is -0.718. The summed E-state index contributed by atoms with van der Waals surface area (Å²) in [4.78, 5) is 18.0. The third kappa shape index (κ3) is 6.64. The van der Waals surface area contributed by atoms with Gasteiger partial charge in [-0.15, -0.1) is 12.4 Å². The Kier molecular flexibility index (Phi) is 11.2. The van der Waals surface area contributed by atoms with Gasteiger partial charge in [-0.3, -0.25) is 14.8 Å². The number of hydrogen-bond acceptors (Lipinski definition) is 7. The molecule has 0 atom stereocenters. The Morgan fingerprint density at radius 1 is 0.867 bits per heavy atom. The first-order valence-corrected chi connectivity index (χ1v) is 7.86. The summed E-state index contributed by atoms with van der Waals surface area (Å²) >= 11 is 0. The van der Waals surface area contributed by atoms with Gasteiger partial charge in [-0.1, -0.05) is 0 Å². The van der Waals surface area contributed by atoms with Crippen molar-refractivity contribution in [3.05, 3.63) is 35.9 Å². The van der Waals surface area contributed by atoms with Crippen molar-refractivity contribution in [3.8, 4) is 0 Å². The fraction of sp³-hybridized carbons (Fsp3) is 0.214. The minimum Gasteiger partial charge on any atom is -0.578 e. The van der Waals surface area contributed by atoms with E-state index < -0.39 is 0 Å². The Morgan fingerprint density at radius 3 is 2.30 bits per heavy atom. The smallest absolute Gasteiger partial charge is 0.177 e. The van der Waals surface area contributed by atoms with Crippen LogP contribution in [0.2, 0.25) is 0 Å². The molecule has 30 heavy (non-hydrogen) atoms. The molecule has 6 heterocycles. The van der Waals surface area contributed by atoms with E-state index in [0.29, 0.717) is 16.9 Å². The molecule has 0 aliphatic carbocycles. The first-order valence-electron chi connectivity index (χ1n) is 7.86. The molecule has 3 radical (unpaired) electrons. The largest absolute Gasteiger partial charge is 0.578 e. The van der Waals surface area contributed by atoms with Crippen LogP contribution < -0.4 is 10.3 Å². The molecule has 0 aliphatic rings. The average Bonchev–Trinajstić information content (AvgIpc) is 3.35. The molecule has 6 aromatic rings. The maximum absolute atomic E-state index is 4.09. The van der Waals surface area contributed by atoms with Crippen molar-refractivity contribution < 1.29 is 98.1 Å². The first-order chi connectivity index (χ1) is 13.1. The van der Waals surface area contributed by atoms with Gasteiger partial charge in [0.2, 0.25) is 0 Å². The van der Waals surface area contributed by atoms with Crippen molar-refractivity contribution in [2.24, 2.45) is 0 Å². The zero-order valence-corrected chi connectivity index (χ0v) is 24.9. The van der Waals surface area contributed by atoms with Crippen LogP contribution in [0.4, 0.5) is 0 Å². The van der Waals surface area contributed by atoms with E-state index in [1.165, 1.54) is 0 Å². The van der Waals surface area contributed by atoms with Crippen LogP contribution in [0.3, 0.4) is 0 Å². The number of rotatable bonds is 0. The molecule has 147 valence electrons. The van der Waals surface area contributed by atoms with E-state index in [9.17, 15) is 0 Å². The number of H-pyrrole nitrogens is 3. The van der Waals surface area contributed by atoms with E-state index in [2.05, 4.69) is 66.9 Å². The second-order valence-electron chi connectivity index (χ2n) is 5.54. The summed E-state index contributed by atoms with van der Waals surface area (Å²) in [7, 11) is 0. The number of aryl methyl sites for hydroxylation is 3. The van der Waals surface area contributed by atoms with E-state index in [4.69, 9.17) is 0 Å². The van der Waals surface area contributed by atoms with Crippen LogP contribution in [0.15, 0.2) is 12.3 Å². The summed E-state index contributed by atoms with van der Waals surface area (Å²) in [5.41, 5.74) is 3.67. The van der Waals surface area contributed by atoms with E-state index in [1.807, 2.05) is 20.8 Å². The summed E-state index contributed by atoms with van der Waals surface area (Å²) in [5, 5.41) is 24.8. The van der Waals surface area contributed by atoms with Gasteiger partial charge in [0.05, 0.1) is 5.52 Å². The monoisotopic (exact) mass is 631 g/mol. The third-order valence-corrected chi connectivity index (χ3v) is 3.36. The summed E-state index contributed by atoms with van der Waals surface area (Å²) in [6.07, 6.45) is 4.33. The van der Waals surface area contributed by atoms with Gasteiger partial charge in [0.25, 0.3) is 0 Å². The van der Waals surface area contributed by atoms with Crippen LogP contribution >= 0.6 is 0 Å². The Labute approximate surface area is 245 Å². The molecule has 6 aromatic heterocycles. The van der Waals surface area contributed by atoms with Gasteiger partial charge < -0.3 is 40.6 Å². The van der Waals surface area contributed by atoms with Crippen molar-refractivity contribution in [1.29, 1.82) is 0 Å². The normalized spacial score (nSPS) is 9.70. The van der Waals surface area contributed by atoms with Gasteiger partial charge in [-0.25, -0.2) is 9.97 Å². The predicted octanol–water partition coefficient (Wildman–Crippen LogP) is 0.000550. The SMILES string of the molecule is Cc1nc2c[c-]nn2[nH]1.Cc1nc2n[n-]cc2[nH]1.Cc1nc2n[n-]nc2[nH]1.[Y].[Y].[Y]. The standard InChI is InChI=1S/2C5H5N4.C4H4N5.3Y/c1-4-7-5-2-3-6-9(5)8-4;1-3-7-4-2-6-9-5(4)8-3;1-2-5-3-4(6-2)8-9-7-3;;;/h2H,1H3,(H,7,8);2H,1H3,(H-,6,7,8,9);1H3,(H-,5,6,7,8,9);;;/q3*-1;;;. The minimum atomic E-state index is 0. The van der Waals surface area contributed by atoms with Crippen molar-refractivity contribution in [2.75, 3.05) is 0 Å². The molecule has 0 aromatic carbocycles. The fourth-order valence-corrected chi connectivity index (χ4v) is 2.29. The average molecular weight is 631 g/mol. The van der Waals surface area contributed by atoms with E-state index in [-0.39, 0.29) is 98.1 Å². The summed E-state index contributed by atoms with van der Waals surface area (Å²) in [6.45, 7) is 5.62. The van der Waals surface area contributed by atoms with Crippen molar-refractivity contribution >= 4 is 28.1 Å². The van der Waals surface area contributed by atoms with Crippen LogP contribution in [0.25, 0.3) is 28.1 Å². The molecule has 0 saturated carbocycles. The second kappa shape index (κ2) is 12.4. The van der Waals surface area contributed by atoms with Gasteiger partial charge in [-0.05, 0) is 20.8 Å². The van der Waals surface area contributed by atoms with Gasteiger partial charge in [0.1, 0.15) is 17.5 Å². The van der Waals surface area contributed by atoms with Gasteiger partial charge in [0.15, 0.2) is 16.9 Å². The number of nitrogens with zero attached hydrogens (tertiary/aromatic N) is 10. The maximum Gasteiger partial charge on any atom is 0.177 e. The van der Waals surface area contributed by atoms with Crippen molar-refractivity contribution in [2.45, 2.75) is 20.8 Å². The minimum absolute atomic E-state index is 0. The number of nitrogens with one attached hydrogen (secondary N) is 3. The van der Waals surface area contributed by atoms with Crippen LogP contribution in [0.5, 0.6) is 0 Å². The molecular formula is C14H14N13Y3-3. The first kappa shape index (κ1) is 27.3. The summed E-state index contributed by atoms with van der Waals surface area (Å²) in [6, 6.07) is 1.73. The molecule has 16 heteroatoms. The molecule has 0 aliphatic heterocycles. The third-order valence-electron chi connectivity index (χ3n) is 3.36. The zero-order chi connectivity index (χ0) is 18.8. The predicted molar refractivity (Wildman–Crippen MR) is 92.6 cm³/mol. The summed E-state index contributed by atoms with van der Waals surface area (Å²) in [5.74, 6) is 2.57. The number of aromatic amines is 3. The van der Waals surface area contributed by atoms with Crippen LogP contribution in [-0.2, 0) is 98.1 Å². The van der Waals surface area contributed by atoms with E-state index >= 15 is 0 Å². The van der Waals surface area contributed by atoms with Crippen LogP contribution in [0.1, 0.15) is 17.5 Å². The topological polar surface area (TPSA) is 170 Å². The molecule has 13 nitrogen and oxygen atoms in total. The number of imidazole rings is 2. The molecule has 0 unspecified atom stereocenters. The van der Waals surface area contributed by atoms with Gasteiger partial charge >= 0.3 is 0 Å². The Balaban J connectivity index is 0.000000214. The number of aromatic nitrogens is 13. The molecule has 0 spiro atoms. The molecular weight excluding hydrogens is 617 g/mol. The molecule has 0 bridgehead atoms. The van der Waals surface area contributed by atoms with Gasteiger partial charge in [-0.2, -0.15) is 6.07 Å². The molecule has 0 fully saturated rings. The molecule has 0 amide bonds. The van der Waals surface area contributed by atoms with Crippen LogP contribution in [0, 0.1) is 27.0 Å². The van der Waals surface area contributed by atoms with Crippen molar-refractivity contribution in [3.63, 3.8) is 0 Å². The molecule has 6 rings (SSSR count). The van der Waals surface area contributed by atoms with Crippen LogP contribution in [-0.4, -0.2) is 55.0 Å². The molecule has 0 saturated heterocycles. The summed E-state index contributed by atoms with van der Waals surface area (Å²) < 4.78 is 1.58. The Morgan fingerprint density at radius 2 is 1.60 bits per heavy atom. The maximum atomic E-state index is 4.09. The van der Waals surface area contributed by atoms with Crippen molar-refractivity contribution in [1.82, 2.24) is 65.4 Å². The van der Waals surface area contributed by atoms with E-state index in [1.54, 1.807) is 16.9 Å².